The topological polar surface area (TPSA) is 21.3 Å². The van der Waals surface area contributed by atoms with Crippen LogP contribution in [0.1, 0.15) is 37.0 Å². The Bertz CT molecular complexity index is 374. The Kier molecular flexibility index (Phi) is 6.20. The van der Waals surface area contributed by atoms with Crippen LogP contribution in [-0.4, -0.2) is 19.7 Å². The van der Waals surface area contributed by atoms with Gasteiger partial charge in [-0.05, 0) is 50.4 Å². The van der Waals surface area contributed by atoms with Gasteiger partial charge in [0.15, 0.2) is 0 Å². The summed E-state index contributed by atoms with van der Waals surface area (Å²) in [5, 5.41) is 3.43. The van der Waals surface area contributed by atoms with E-state index in [9.17, 15) is 0 Å². The second-order valence-corrected chi connectivity index (χ2v) is 5.27. The molecule has 0 bridgehead atoms. The maximum Gasteiger partial charge on any atom is 0.125 e. The lowest BCUT2D eigenvalue weighted by atomic mass is 10.1. The van der Waals surface area contributed by atoms with Crippen LogP contribution in [0.25, 0.3) is 0 Å². The zero-order chi connectivity index (χ0) is 13.5. The molecule has 1 unspecified atom stereocenters. The third-order valence-electron chi connectivity index (χ3n) is 3.31. The molecule has 0 aliphatic heterocycles. The van der Waals surface area contributed by atoms with Crippen LogP contribution in [0.15, 0.2) is 12.1 Å². The van der Waals surface area contributed by atoms with E-state index < -0.39 is 0 Å². The van der Waals surface area contributed by atoms with E-state index in [0.29, 0.717) is 5.92 Å². The fourth-order valence-electron chi connectivity index (χ4n) is 1.96. The molecule has 18 heavy (non-hydrogen) atoms. The van der Waals surface area contributed by atoms with Gasteiger partial charge in [-0.2, -0.15) is 0 Å². The van der Waals surface area contributed by atoms with E-state index in [1.165, 1.54) is 23.1 Å². The maximum absolute atomic E-state index is 6.00. The highest BCUT2D eigenvalue weighted by atomic mass is 16.5. The number of benzene rings is 1. The summed E-state index contributed by atoms with van der Waals surface area (Å²) in [4.78, 5) is 0. The van der Waals surface area contributed by atoms with E-state index in [0.717, 1.165) is 25.4 Å². The summed E-state index contributed by atoms with van der Waals surface area (Å²) in [7, 11) is 0. The van der Waals surface area contributed by atoms with Crippen LogP contribution >= 0.6 is 0 Å². The molecule has 0 heterocycles. The van der Waals surface area contributed by atoms with Crippen LogP contribution in [0.2, 0.25) is 0 Å². The molecular formula is C16H27NO. The summed E-state index contributed by atoms with van der Waals surface area (Å²) in [6, 6.07) is 4.29. The number of ether oxygens (including phenoxy) is 1. The largest absolute Gasteiger partial charge is 0.493 e. The number of hydrogen-bond acceptors (Lipinski definition) is 2. The van der Waals surface area contributed by atoms with Crippen molar-refractivity contribution in [1.82, 2.24) is 5.32 Å². The molecule has 0 aromatic heterocycles. The highest BCUT2D eigenvalue weighted by Gasteiger charge is 2.08. The monoisotopic (exact) mass is 249 g/mol. The standard InChI is InChI=1S/C16H27NO/c1-6-9-17-10-12(2)11-18-16-14(4)8-7-13(3)15(16)5/h7-8,12,17H,6,9-11H2,1-5H3. The average molecular weight is 249 g/mol. The predicted molar refractivity (Wildman–Crippen MR) is 78.5 cm³/mol. The Morgan fingerprint density at radius 1 is 1.17 bits per heavy atom. The maximum atomic E-state index is 6.00. The van der Waals surface area contributed by atoms with E-state index in [4.69, 9.17) is 4.74 Å². The van der Waals surface area contributed by atoms with Crippen molar-refractivity contribution in [3.05, 3.63) is 28.8 Å². The molecule has 0 saturated heterocycles. The summed E-state index contributed by atoms with van der Waals surface area (Å²) in [6.45, 7) is 13.7. The highest BCUT2D eigenvalue weighted by Crippen LogP contribution is 2.26. The second kappa shape index (κ2) is 7.42. The Balaban J connectivity index is 2.50. The summed E-state index contributed by atoms with van der Waals surface area (Å²) in [5.41, 5.74) is 3.79. The Morgan fingerprint density at radius 3 is 2.50 bits per heavy atom. The van der Waals surface area contributed by atoms with Gasteiger partial charge >= 0.3 is 0 Å². The van der Waals surface area contributed by atoms with Crippen molar-refractivity contribution < 1.29 is 4.74 Å². The lowest BCUT2D eigenvalue weighted by Gasteiger charge is -2.17. The summed E-state index contributed by atoms with van der Waals surface area (Å²) >= 11 is 0. The normalized spacial score (nSPS) is 12.5. The smallest absolute Gasteiger partial charge is 0.125 e. The van der Waals surface area contributed by atoms with Gasteiger partial charge in [-0.15, -0.1) is 0 Å². The Hall–Kier alpha value is -1.02. The Morgan fingerprint density at radius 2 is 1.83 bits per heavy atom. The number of aryl methyl sites for hydroxylation is 2. The lowest BCUT2D eigenvalue weighted by Crippen LogP contribution is -2.25. The van der Waals surface area contributed by atoms with Crippen molar-refractivity contribution >= 4 is 0 Å². The van der Waals surface area contributed by atoms with E-state index in [-0.39, 0.29) is 0 Å². The quantitative estimate of drug-likeness (QED) is 0.745. The van der Waals surface area contributed by atoms with E-state index >= 15 is 0 Å². The molecule has 0 saturated carbocycles. The van der Waals surface area contributed by atoms with Gasteiger partial charge in [-0.25, -0.2) is 0 Å². The van der Waals surface area contributed by atoms with Gasteiger partial charge in [0.25, 0.3) is 0 Å². The SMILES string of the molecule is CCCNCC(C)COc1c(C)ccc(C)c1C. The van der Waals surface area contributed by atoms with Crippen LogP contribution in [0.3, 0.4) is 0 Å². The minimum atomic E-state index is 0.538. The van der Waals surface area contributed by atoms with Crippen molar-refractivity contribution in [3.63, 3.8) is 0 Å². The van der Waals surface area contributed by atoms with Crippen LogP contribution in [0.4, 0.5) is 0 Å². The molecule has 1 rings (SSSR count). The van der Waals surface area contributed by atoms with Gasteiger partial charge in [0.2, 0.25) is 0 Å². The lowest BCUT2D eigenvalue weighted by molar-refractivity contribution is 0.253. The van der Waals surface area contributed by atoms with Crippen LogP contribution in [0, 0.1) is 26.7 Å². The van der Waals surface area contributed by atoms with Crippen LogP contribution < -0.4 is 10.1 Å². The number of nitrogens with one attached hydrogen (secondary N) is 1. The minimum absolute atomic E-state index is 0.538. The first-order valence-corrected chi connectivity index (χ1v) is 6.96. The fourth-order valence-corrected chi connectivity index (χ4v) is 1.96. The summed E-state index contributed by atoms with van der Waals surface area (Å²) in [5.74, 6) is 1.60. The molecule has 0 aliphatic rings. The zero-order valence-electron chi connectivity index (χ0n) is 12.5. The first kappa shape index (κ1) is 15.0. The molecule has 1 aromatic carbocycles. The van der Waals surface area contributed by atoms with Gasteiger partial charge in [0.05, 0.1) is 6.61 Å². The Labute approximate surface area is 112 Å². The molecule has 0 aliphatic carbocycles. The van der Waals surface area contributed by atoms with Gasteiger partial charge in [0.1, 0.15) is 5.75 Å². The second-order valence-electron chi connectivity index (χ2n) is 5.27. The van der Waals surface area contributed by atoms with Crippen LogP contribution in [-0.2, 0) is 0 Å². The van der Waals surface area contributed by atoms with E-state index in [1.807, 2.05) is 0 Å². The zero-order valence-corrected chi connectivity index (χ0v) is 12.5. The molecule has 0 fully saturated rings. The summed E-state index contributed by atoms with van der Waals surface area (Å²) < 4.78 is 6.00. The minimum Gasteiger partial charge on any atom is -0.493 e. The van der Waals surface area contributed by atoms with Crippen molar-refractivity contribution in [2.45, 2.75) is 41.0 Å². The average Bonchev–Trinajstić information content (AvgIpc) is 2.34. The van der Waals surface area contributed by atoms with Crippen LogP contribution in [0.5, 0.6) is 5.75 Å². The summed E-state index contributed by atoms with van der Waals surface area (Å²) in [6.07, 6.45) is 1.18. The molecule has 2 heteroatoms. The third kappa shape index (κ3) is 4.34. The van der Waals surface area contributed by atoms with Gasteiger partial charge < -0.3 is 10.1 Å². The molecule has 2 nitrogen and oxygen atoms in total. The molecule has 1 aromatic rings. The van der Waals surface area contributed by atoms with Crippen molar-refractivity contribution in [1.29, 1.82) is 0 Å². The molecule has 1 N–H and O–H groups in total. The highest BCUT2D eigenvalue weighted by molar-refractivity contribution is 5.44. The van der Waals surface area contributed by atoms with E-state index in [1.54, 1.807) is 0 Å². The molecule has 0 radical (unpaired) electrons. The molecule has 102 valence electrons. The van der Waals surface area contributed by atoms with Gasteiger partial charge in [0, 0.05) is 12.5 Å². The first-order chi connectivity index (χ1) is 8.56. The van der Waals surface area contributed by atoms with Gasteiger partial charge in [-0.3, -0.25) is 0 Å². The van der Waals surface area contributed by atoms with E-state index in [2.05, 4.69) is 52.1 Å². The predicted octanol–water partition coefficient (Wildman–Crippen LogP) is 3.63. The van der Waals surface area contributed by atoms with Gasteiger partial charge in [-0.1, -0.05) is 26.0 Å². The van der Waals surface area contributed by atoms with Crippen molar-refractivity contribution in [2.24, 2.45) is 5.92 Å². The van der Waals surface area contributed by atoms with Crippen molar-refractivity contribution in [2.75, 3.05) is 19.7 Å². The van der Waals surface area contributed by atoms with Crippen molar-refractivity contribution in [3.8, 4) is 5.75 Å². The first-order valence-electron chi connectivity index (χ1n) is 6.96. The third-order valence-corrected chi connectivity index (χ3v) is 3.31. The molecule has 1 atom stereocenters. The molecular weight excluding hydrogens is 222 g/mol. The fraction of sp³-hybridized carbons (Fsp3) is 0.625. The number of rotatable bonds is 7. The molecule has 0 spiro atoms. The number of hydrogen-bond donors (Lipinski definition) is 1. The molecule has 0 amide bonds.